The Morgan fingerprint density at radius 2 is 1.96 bits per heavy atom. The van der Waals surface area contributed by atoms with Gasteiger partial charge in [-0.2, -0.15) is 4.52 Å². The zero-order valence-electron chi connectivity index (χ0n) is 16.5. The van der Waals surface area contributed by atoms with Crippen molar-refractivity contribution in [2.24, 2.45) is 0 Å². The highest BCUT2D eigenvalue weighted by molar-refractivity contribution is 7.17. The molecule has 8 heteroatoms. The van der Waals surface area contributed by atoms with Crippen LogP contribution in [0.25, 0.3) is 4.96 Å². The van der Waals surface area contributed by atoms with Crippen LogP contribution in [0.5, 0.6) is 5.88 Å². The summed E-state index contributed by atoms with van der Waals surface area (Å²) < 4.78 is 1.56. The van der Waals surface area contributed by atoms with E-state index in [-0.39, 0.29) is 17.8 Å². The number of aromatic hydroxyl groups is 1. The first-order valence-electron chi connectivity index (χ1n) is 9.72. The van der Waals surface area contributed by atoms with Gasteiger partial charge in [0, 0.05) is 18.9 Å². The number of hydrogen-bond acceptors (Lipinski definition) is 5. The average molecular weight is 401 g/mol. The molecular weight excluding hydrogens is 374 g/mol. The summed E-state index contributed by atoms with van der Waals surface area (Å²) in [6, 6.07) is 8.48. The number of aryl methyl sites for hydroxylation is 2. The number of quaternary nitrogens is 1. The van der Waals surface area contributed by atoms with Gasteiger partial charge in [-0.3, -0.25) is 4.79 Å². The number of carbonyl (C=O) groups is 1. The molecule has 0 saturated carbocycles. The second kappa shape index (κ2) is 7.52. The molecule has 148 valence electrons. The lowest BCUT2D eigenvalue weighted by atomic mass is 10.0. The maximum atomic E-state index is 11.7. The lowest BCUT2D eigenvalue weighted by Crippen LogP contribution is -3.15. The Balaban J connectivity index is 1.73. The molecule has 0 unspecified atom stereocenters. The van der Waals surface area contributed by atoms with E-state index in [1.807, 2.05) is 11.8 Å². The first-order valence-corrected chi connectivity index (χ1v) is 10.5. The molecule has 1 aliphatic rings. The quantitative estimate of drug-likeness (QED) is 0.690. The van der Waals surface area contributed by atoms with E-state index >= 15 is 0 Å². The van der Waals surface area contributed by atoms with E-state index in [9.17, 15) is 9.90 Å². The number of nitrogens with zero attached hydrogens (tertiary/aromatic N) is 4. The van der Waals surface area contributed by atoms with Gasteiger partial charge >= 0.3 is 0 Å². The number of piperazine rings is 1. The van der Waals surface area contributed by atoms with Crippen LogP contribution >= 0.6 is 11.3 Å². The molecule has 1 amide bonds. The van der Waals surface area contributed by atoms with Crippen molar-refractivity contribution in [1.29, 1.82) is 0 Å². The van der Waals surface area contributed by atoms with Gasteiger partial charge in [-0.15, -0.1) is 5.10 Å². The number of nitrogens with one attached hydrogen (secondary N) is 1. The van der Waals surface area contributed by atoms with E-state index < -0.39 is 0 Å². The van der Waals surface area contributed by atoms with Gasteiger partial charge in [-0.25, -0.2) is 4.98 Å². The first-order chi connectivity index (χ1) is 13.5. The molecule has 0 aliphatic carbocycles. The van der Waals surface area contributed by atoms with Crippen molar-refractivity contribution in [3.63, 3.8) is 0 Å². The number of benzene rings is 1. The second-order valence-corrected chi connectivity index (χ2v) is 8.38. The lowest BCUT2D eigenvalue weighted by Gasteiger charge is -2.36. The Morgan fingerprint density at radius 1 is 1.29 bits per heavy atom. The van der Waals surface area contributed by atoms with Gasteiger partial charge in [0.2, 0.25) is 16.7 Å². The number of carbonyl (C=O) groups excluding carboxylic acids is 1. The first kappa shape index (κ1) is 18.9. The molecular formula is C20H26N5O2S+. The molecule has 4 rings (SSSR count). The third-order valence-electron chi connectivity index (χ3n) is 5.49. The van der Waals surface area contributed by atoms with Gasteiger partial charge in [-0.05, 0) is 6.92 Å². The van der Waals surface area contributed by atoms with Crippen molar-refractivity contribution < 1.29 is 14.8 Å². The zero-order chi connectivity index (χ0) is 19.8. The van der Waals surface area contributed by atoms with Gasteiger partial charge in [-0.1, -0.05) is 48.1 Å². The van der Waals surface area contributed by atoms with E-state index in [1.165, 1.54) is 21.8 Å². The van der Waals surface area contributed by atoms with Crippen LogP contribution in [-0.4, -0.2) is 56.7 Å². The lowest BCUT2D eigenvalue weighted by molar-refractivity contribution is -0.929. The molecule has 3 heterocycles. The van der Waals surface area contributed by atoms with Gasteiger partial charge in [0.25, 0.3) is 0 Å². The summed E-state index contributed by atoms with van der Waals surface area (Å²) in [6.07, 6.45) is 0.739. The molecule has 0 radical (unpaired) electrons. The third-order valence-corrected chi connectivity index (χ3v) is 6.58. The molecule has 1 aliphatic heterocycles. The Labute approximate surface area is 168 Å². The fraction of sp³-hybridized carbons (Fsp3) is 0.450. The minimum Gasteiger partial charge on any atom is -0.492 e. The molecule has 0 spiro atoms. The number of amides is 1. The largest absolute Gasteiger partial charge is 0.492 e. The van der Waals surface area contributed by atoms with Crippen LogP contribution in [0.1, 0.15) is 41.7 Å². The van der Waals surface area contributed by atoms with Gasteiger partial charge in [0.15, 0.2) is 11.9 Å². The minimum atomic E-state index is -0.00622. The van der Waals surface area contributed by atoms with E-state index in [2.05, 4.69) is 41.3 Å². The van der Waals surface area contributed by atoms with Crippen molar-refractivity contribution >= 4 is 22.2 Å². The van der Waals surface area contributed by atoms with Crippen molar-refractivity contribution in [1.82, 2.24) is 19.5 Å². The SMILES string of the molecule is CCc1nc2sc([C@H](c3ccc(C)cc3)[NH+]3CCN(C(C)=O)CC3)c(O)n2n1. The fourth-order valence-corrected chi connectivity index (χ4v) is 5.02. The van der Waals surface area contributed by atoms with E-state index in [0.717, 1.165) is 53.8 Å². The standard InChI is InChI=1S/C20H25N5O2S/c1-4-16-21-20-25(22-16)19(27)18(28-20)17(15-7-5-13(2)6-8-15)24-11-9-23(10-12-24)14(3)26/h5-8,17,27H,4,9-12H2,1-3H3/p+1/t17-/m0/s1. The molecule has 28 heavy (non-hydrogen) atoms. The second-order valence-electron chi connectivity index (χ2n) is 7.37. The molecule has 2 N–H and O–H groups in total. The topological polar surface area (TPSA) is 75.2 Å². The van der Waals surface area contributed by atoms with E-state index in [4.69, 9.17) is 0 Å². The van der Waals surface area contributed by atoms with Crippen molar-refractivity contribution in [3.8, 4) is 5.88 Å². The van der Waals surface area contributed by atoms with Crippen molar-refractivity contribution in [2.75, 3.05) is 26.2 Å². The van der Waals surface area contributed by atoms with Crippen LogP contribution in [0.2, 0.25) is 0 Å². The zero-order valence-corrected chi connectivity index (χ0v) is 17.3. The predicted octanol–water partition coefficient (Wildman–Crippen LogP) is 1.20. The summed E-state index contributed by atoms with van der Waals surface area (Å²) in [5.74, 6) is 1.04. The van der Waals surface area contributed by atoms with E-state index in [0.29, 0.717) is 0 Å². The Morgan fingerprint density at radius 3 is 2.54 bits per heavy atom. The van der Waals surface area contributed by atoms with Gasteiger partial charge in [0.05, 0.1) is 26.2 Å². The summed E-state index contributed by atoms with van der Waals surface area (Å²) in [7, 11) is 0. The Kier molecular flexibility index (Phi) is 5.07. The van der Waals surface area contributed by atoms with Crippen molar-refractivity contribution in [3.05, 3.63) is 46.1 Å². The molecule has 1 atom stereocenters. The molecule has 0 bridgehead atoms. The van der Waals surface area contributed by atoms with Crippen LogP contribution in [0.4, 0.5) is 0 Å². The summed E-state index contributed by atoms with van der Waals surface area (Å²) in [5, 5.41) is 15.4. The van der Waals surface area contributed by atoms with Crippen LogP contribution in [0, 0.1) is 6.92 Å². The predicted molar refractivity (Wildman–Crippen MR) is 108 cm³/mol. The number of fused-ring (bicyclic) bond motifs is 1. The number of rotatable bonds is 4. The molecule has 1 fully saturated rings. The Hall–Kier alpha value is -2.45. The normalized spacial score (nSPS) is 16.6. The van der Waals surface area contributed by atoms with Crippen LogP contribution < -0.4 is 4.90 Å². The maximum absolute atomic E-state index is 11.7. The number of thiazole rings is 1. The maximum Gasteiger partial charge on any atom is 0.235 e. The minimum absolute atomic E-state index is 0.00622. The highest BCUT2D eigenvalue weighted by Gasteiger charge is 2.35. The summed E-state index contributed by atoms with van der Waals surface area (Å²) >= 11 is 1.51. The molecule has 1 aromatic carbocycles. The summed E-state index contributed by atoms with van der Waals surface area (Å²) in [4.78, 5) is 21.1. The molecule has 7 nitrogen and oxygen atoms in total. The molecule has 1 saturated heterocycles. The smallest absolute Gasteiger partial charge is 0.235 e. The fourth-order valence-electron chi connectivity index (χ4n) is 3.86. The number of aromatic nitrogens is 3. The summed E-state index contributed by atoms with van der Waals surface area (Å²) in [5.41, 5.74) is 2.37. The van der Waals surface area contributed by atoms with Crippen LogP contribution in [-0.2, 0) is 11.2 Å². The Bertz CT molecular complexity index is 986. The molecule has 2 aromatic heterocycles. The third kappa shape index (κ3) is 3.38. The molecule has 3 aromatic rings. The van der Waals surface area contributed by atoms with Gasteiger partial charge < -0.3 is 14.9 Å². The summed E-state index contributed by atoms with van der Waals surface area (Å²) in [6.45, 7) is 8.84. The van der Waals surface area contributed by atoms with Crippen LogP contribution in [0.15, 0.2) is 24.3 Å². The van der Waals surface area contributed by atoms with Crippen molar-refractivity contribution in [2.45, 2.75) is 33.2 Å². The van der Waals surface area contributed by atoms with Crippen LogP contribution in [0.3, 0.4) is 0 Å². The number of hydrogen-bond donors (Lipinski definition) is 2. The van der Waals surface area contributed by atoms with Gasteiger partial charge in [0.1, 0.15) is 4.88 Å². The average Bonchev–Trinajstić information content (AvgIpc) is 3.23. The monoisotopic (exact) mass is 400 g/mol. The highest BCUT2D eigenvalue weighted by atomic mass is 32.1. The highest BCUT2D eigenvalue weighted by Crippen LogP contribution is 2.35. The van der Waals surface area contributed by atoms with E-state index in [1.54, 1.807) is 11.4 Å².